The molecule has 1 aromatic carbocycles. The fourth-order valence-corrected chi connectivity index (χ4v) is 5.69. The van der Waals surface area contributed by atoms with Gasteiger partial charge in [0.25, 0.3) is 10.0 Å². The number of aryl methyl sites for hydroxylation is 2. The second-order valence-electron chi connectivity index (χ2n) is 4.54. The van der Waals surface area contributed by atoms with Gasteiger partial charge in [-0.15, -0.1) is 11.3 Å². The summed E-state index contributed by atoms with van der Waals surface area (Å²) >= 11 is 7.88. The van der Waals surface area contributed by atoms with Crippen LogP contribution in [0.25, 0.3) is 0 Å². The predicted octanol–water partition coefficient (Wildman–Crippen LogP) is 4.18. The Morgan fingerprint density at radius 2 is 1.76 bits per heavy atom. The lowest BCUT2D eigenvalue weighted by Crippen LogP contribution is -2.13. The van der Waals surface area contributed by atoms with Crippen molar-refractivity contribution in [2.24, 2.45) is 0 Å². The zero-order valence-electron chi connectivity index (χ0n) is 11.3. The third kappa shape index (κ3) is 3.68. The molecule has 0 aliphatic carbocycles. The van der Waals surface area contributed by atoms with E-state index in [1.165, 1.54) is 17.4 Å². The maximum absolute atomic E-state index is 12.4. The molecule has 0 atom stereocenters. The lowest BCUT2D eigenvalue weighted by molar-refractivity contribution is 0.285. The number of benzene rings is 1. The van der Waals surface area contributed by atoms with Gasteiger partial charge in [0.1, 0.15) is 4.90 Å². The fourth-order valence-electron chi connectivity index (χ4n) is 1.87. The fraction of sp³-hybridized carbons (Fsp3) is 0.231. The minimum absolute atomic E-state index is 0.134. The van der Waals surface area contributed by atoms with Crippen LogP contribution in [-0.2, 0) is 16.6 Å². The Labute approximate surface area is 144 Å². The Balaban J connectivity index is 2.39. The van der Waals surface area contributed by atoms with E-state index >= 15 is 0 Å². The summed E-state index contributed by atoms with van der Waals surface area (Å²) in [4.78, 5) is 0.722. The summed E-state index contributed by atoms with van der Waals surface area (Å²) in [6.45, 7) is 3.62. The Kier molecular flexibility index (Phi) is 5.15. The van der Waals surface area contributed by atoms with Crippen molar-refractivity contribution in [2.45, 2.75) is 25.3 Å². The average molecular weight is 455 g/mol. The topological polar surface area (TPSA) is 66.4 Å². The van der Waals surface area contributed by atoms with Gasteiger partial charge in [-0.2, -0.15) is 0 Å². The number of aliphatic hydroxyl groups excluding tert-OH is 1. The molecular weight excluding hydrogens is 442 g/mol. The van der Waals surface area contributed by atoms with Gasteiger partial charge in [-0.3, -0.25) is 4.72 Å². The van der Waals surface area contributed by atoms with Crippen LogP contribution in [0.1, 0.15) is 16.0 Å². The van der Waals surface area contributed by atoms with Crippen molar-refractivity contribution < 1.29 is 13.5 Å². The molecule has 0 fully saturated rings. The van der Waals surface area contributed by atoms with Gasteiger partial charge in [0.05, 0.1) is 10.4 Å². The summed E-state index contributed by atoms with van der Waals surface area (Å²) < 4.78 is 28.9. The number of sulfonamides is 1. The molecule has 21 heavy (non-hydrogen) atoms. The van der Waals surface area contributed by atoms with E-state index in [2.05, 4.69) is 36.6 Å². The molecule has 0 aliphatic heterocycles. The first-order chi connectivity index (χ1) is 9.74. The molecular formula is C13H13Br2NO3S2. The van der Waals surface area contributed by atoms with Crippen LogP contribution in [0.2, 0.25) is 0 Å². The van der Waals surface area contributed by atoms with E-state index in [-0.39, 0.29) is 11.5 Å². The molecule has 0 spiro atoms. The molecule has 2 rings (SSSR count). The van der Waals surface area contributed by atoms with Crippen molar-refractivity contribution >= 4 is 58.9 Å². The van der Waals surface area contributed by atoms with Crippen LogP contribution in [0.3, 0.4) is 0 Å². The Hall–Kier alpha value is -0.410. The highest BCUT2D eigenvalue weighted by atomic mass is 79.9. The van der Waals surface area contributed by atoms with Crippen LogP contribution >= 0.6 is 43.2 Å². The molecule has 0 radical (unpaired) electrons. The molecule has 1 aromatic heterocycles. The van der Waals surface area contributed by atoms with Crippen molar-refractivity contribution in [3.05, 3.63) is 42.5 Å². The summed E-state index contributed by atoms with van der Waals surface area (Å²) in [6.07, 6.45) is 0. The van der Waals surface area contributed by atoms with E-state index in [1.807, 2.05) is 13.8 Å². The number of thiophene rings is 1. The second kappa shape index (κ2) is 6.37. The van der Waals surface area contributed by atoms with Gasteiger partial charge in [-0.25, -0.2) is 8.42 Å². The largest absolute Gasteiger partial charge is 0.391 e. The van der Waals surface area contributed by atoms with E-state index in [0.717, 1.165) is 15.6 Å². The first-order valence-electron chi connectivity index (χ1n) is 5.93. The minimum atomic E-state index is -3.69. The maximum Gasteiger partial charge on any atom is 0.263 e. The van der Waals surface area contributed by atoms with Crippen LogP contribution in [0, 0.1) is 13.8 Å². The average Bonchev–Trinajstić information content (AvgIpc) is 2.77. The molecule has 0 amide bonds. The summed E-state index contributed by atoms with van der Waals surface area (Å²) in [6, 6.07) is 5.00. The number of hydrogen-bond acceptors (Lipinski definition) is 4. The molecule has 114 valence electrons. The second-order valence-corrected chi connectivity index (χ2v) is 9.44. The molecule has 0 bridgehead atoms. The van der Waals surface area contributed by atoms with E-state index in [9.17, 15) is 8.42 Å². The van der Waals surface area contributed by atoms with Crippen LogP contribution < -0.4 is 4.72 Å². The molecule has 4 nitrogen and oxygen atoms in total. The van der Waals surface area contributed by atoms with Gasteiger partial charge in [-0.1, -0.05) is 15.9 Å². The SMILES string of the molecule is Cc1cc(NS(=O)(=O)c2cc(CO)sc2Br)cc(C)c1Br. The molecule has 8 heteroatoms. The Morgan fingerprint density at radius 3 is 2.24 bits per heavy atom. The van der Waals surface area contributed by atoms with Gasteiger partial charge < -0.3 is 5.11 Å². The van der Waals surface area contributed by atoms with Crippen molar-refractivity contribution in [2.75, 3.05) is 4.72 Å². The van der Waals surface area contributed by atoms with Crippen molar-refractivity contribution in [3.63, 3.8) is 0 Å². The van der Waals surface area contributed by atoms with Crippen molar-refractivity contribution in [3.8, 4) is 0 Å². The first kappa shape index (κ1) is 17.0. The smallest absolute Gasteiger partial charge is 0.263 e. The normalized spacial score (nSPS) is 11.7. The van der Waals surface area contributed by atoms with E-state index in [0.29, 0.717) is 14.4 Å². The third-order valence-corrected chi connectivity index (χ3v) is 7.71. The van der Waals surface area contributed by atoms with Crippen LogP contribution in [0.15, 0.2) is 31.4 Å². The Morgan fingerprint density at radius 1 is 1.19 bits per heavy atom. The van der Waals surface area contributed by atoms with Crippen LogP contribution in [0.5, 0.6) is 0 Å². The minimum Gasteiger partial charge on any atom is -0.391 e. The van der Waals surface area contributed by atoms with Crippen molar-refractivity contribution in [1.29, 1.82) is 0 Å². The Bertz CT molecular complexity index is 762. The number of nitrogens with one attached hydrogen (secondary N) is 1. The maximum atomic E-state index is 12.4. The molecule has 0 saturated heterocycles. The van der Waals surface area contributed by atoms with E-state index in [4.69, 9.17) is 5.11 Å². The van der Waals surface area contributed by atoms with Gasteiger partial charge in [0.2, 0.25) is 0 Å². The summed E-state index contributed by atoms with van der Waals surface area (Å²) in [5.74, 6) is 0. The van der Waals surface area contributed by atoms with E-state index in [1.54, 1.807) is 12.1 Å². The highest BCUT2D eigenvalue weighted by molar-refractivity contribution is 9.11. The summed E-state index contributed by atoms with van der Waals surface area (Å²) in [7, 11) is -3.69. The molecule has 0 unspecified atom stereocenters. The first-order valence-corrected chi connectivity index (χ1v) is 9.82. The lowest BCUT2D eigenvalue weighted by Gasteiger charge is -2.11. The van der Waals surface area contributed by atoms with Gasteiger partial charge >= 0.3 is 0 Å². The van der Waals surface area contributed by atoms with Crippen molar-refractivity contribution in [1.82, 2.24) is 0 Å². The monoisotopic (exact) mass is 453 g/mol. The summed E-state index contributed by atoms with van der Waals surface area (Å²) in [5.41, 5.74) is 2.41. The number of hydrogen-bond donors (Lipinski definition) is 2. The number of aliphatic hydroxyl groups is 1. The highest BCUT2D eigenvalue weighted by Crippen LogP contribution is 2.33. The molecule has 2 aromatic rings. The van der Waals surface area contributed by atoms with E-state index < -0.39 is 10.0 Å². The zero-order valence-corrected chi connectivity index (χ0v) is 16.1. The zero-order chi connectivity index (χ0) is 15.8. The van der Waals surface area contributed by atoms with Gasteiger partial charge in [0, 0.05) is 15.0 Å². The number of rotatable bonds is 4. The quantitative estimate of drug-likeness (QED) is 0.727. The summed E-state index contributed by atoms with van der Waals surface area (Å²) in [5, 5.41) is 9.10. The molecule has 0 aliphatic rings. The van der Waals surface area contributed by atoms with Crippen LogP contribution in [0.4, 0.5) is 5.69 Å². The lowest BCUT2D eigenvalue weighted by atomic mass is 10.1. The molecule has 2 N–H and O–H groups in total. The molecule has 1 heterocycles. The third-order valence-electron chi connectivity index (χ3n) is 2.84. The molecule has 0 saturated carbocycles. The number of anilines is 1. The van der Waals surface area contributed by atoms with Gasteiger partial charge in [-0.05, 0) is 59.1 Å². The number of halogens is 2. The predicted molar refractivity (Wildman–Crippen MR) is 92.4 cm³/mol. The highest BCUT2D eigenvalue weighted by Gasteiger charge is 2.21. The standard InChI is InChI=1S/C13H13Br2NO3S2/c1-7-3-9(4-8(2)12(7)14)16-21(18,19)11-5-10(6-17)20-13(11)15/h3-5,16-17H,6H2,1-2H3. The van der Waals surface area contributed by atoms with Gasteiger partial charge in [0.15, 0.2) is 0 Å². The van der Waals surface area contributed by atoms with Crippen LogP contribution in [-0.4, -0.2) is 13.5 Å².